The monoisotopic (exact) mass is 406 g/mol. The van der Waals surface area contributed by atoms with Crippen LogP contribution in [0.4, 0.5) is 15.9 Å². The van der Waals surface area contributed by atoms with E-state index in [1.54, 1.807) is 12.1 Å². The fraction of sp³-hybridized carbons (Fsp3) is 0.474. The van der Waals surface area contributed by atoms with Gasteiger partial charge in [-0.25, -0.2) is 22.8 Å². The number of rotatable bonds is 4. The maximum atomic E-state index is 14.0. The number of ether oxygens (including phenoxy) is 1. The van der Waals surface area contributed by atoms with Crippen molar-refractivity contribution in [3.05, 3.63) is 35.8 Å². The minimum atomic E-state index is -3.35. The summed E-state index contributed by atoms with van der Waals surface area (Å²) in [5.41, 5.74) is 6.54. The second-order valence-electron chi connectivity index (χ2n) is 7.56. The summed E-state index contributed by atoms with van der Waals surface area (Å²) in [4.78, 5) is 11.2. The summed E-state index contributed by atoms with van der Waals surface area (Å²) in [5.74, 6) is 0.361. The molecule has 2 aliphatic rings. The molecular formula is C19H23FN4O3S. The second-order valence-corrected chi connectivity index (χ2v) is 9.88. The van der Waals surface area contributed by atoms with Crippen molar-refractivity contribution in [2.75, 3.05) is 36.6 Å². The van der Waals surface area contributed by atoms with Crippen molar-refractivity contribution in [3.8, 4) is 11.4 Å². The maximum absolute atomic E-state index is 14.0. The summed E-state index contributed by atoms with van der Waals surface area (Å²) in [6.45, 7) is 3.78. The Labute approximate surface area is 163 Å². The molecule has 0 bridgehead atoms. The highest BCUT2D eigenvalue weighted by Gasteiger charge is 2.55. The first-order valence-electron chi connectivity index (χ1n) is 9.20. The topological polar surface area (TPSA) is 98.4 Å². The van der Waals surface area contributed by atoms with Crippen molar-refractivity contribution in [2.24, 2.45) is 0 Å². The predicted octanol–water partition coefficient (Wildman–Crippen LogP) is 2.12. The lowest BCUT2D eigenvalue weighted by Crippen LogP contribution is -2.44. The zero-order chi connectivity index (χ0) is 20.1. The quantitative estimate of drug-likeness (QED) is 0.777. The van der Waals surface area contributed by atoms with Gasteiger partial charge in [-0.05, 0) is 38.0 Å². The molecule has 7 nitrogen and oxygen atoms in total. The van der Waals surface area contributed by atoms with E-state index < -0.39 is 20.4 Å². The smallest absolute Gasteiger partial charge is 0.161 e. The summed E-state index contributed by atoms with van der Waals surface area (Å²) in [6.07, 6.45) is 2.29. The average Bonchev–Trinajstić information content (AvgIpc) is 3.46. The van der Waals surface area contributed by atoms with Crippen molar-refractivity contribution < 1.29 is 17.5 Å². The van der Waals surface area contributed by atoms with Crippen LogP contribution in [0.15, 0.2) is 24.3 Å². The third-order valence-corrected chi connectivity index (χ3v) is 7.55. The van der Waals surface area contributed by atoms with Crippen LogP contribution in [-0.2, 0) is 19.3 Å². The zero-order valence-corrected chi connectivity index (χ0v) is 16.7. The van der Waals surface area contributed by atoms with Gasteiger partial charge < -0.3 is 15.4 Å². The maximum Gasteiger partial charge on any atom is 0.161 e. The first kappa shape index (κ1) is 19.1. The molecule has 28 heavy (non-hydrogen) atoms. The standard InChI is InChI=1S/C19H23FN4O3S/c1-12-11-27-8-7-24(12)17-10-16(19(5-6-19)28(2,25)26)22-18(23-17)13-3-4-15(21)14(20)9-13/h3-4,9-10,12H,5-8,11,21H2,1-2H3/t12-/m0/s1. The number of hydrogen-bond donors (Lipinski definition) is 1. The fourth-order valence-electron chi connectivity index (χ4n) is 3.61. The molecule has 4 rings (SSSR count). The number of nitrogens with two attached hydrogens (primary N) is 1. The van der Waals surface area contributed by atoms with Gasteiger partial charge in [-0.3, -0.25) is 0 Å². The molecule has 1 atom stereocenters. The van der Waals surface area contributed by atoms with Crippen molar-refractivity contribution >= 4 is 21.3 Å². The van der Waals surface area contributed by atoms with Gasteiger partial charge in [0, 0.05) is 24.4 Å². The van der Waals surface area contributed by atoms with Gasteiger partial charge in [-0.2, -0.15) is 0 Å². The average molecular weight is 406 g/mol. The van der Waals surface area contributed by atoms with Gasteiger partial charge in [0.15, 0.2) is 15.7 Å². The number of nitrogen functional groups attached to an aromatic ring is 1. The molecule has 0 amide bonds. The van der Waals surface area contributed by atoms with E-state index in [4.69, 9.17) is 10.5 Å². The molecule has 1 aromatic heterocycles. The van der Waals surface area contributed by atoms with Crippen molar-refractivity contribution in [3.63, 3.8) is 0 Å². The number of anilines is 2. The molecule has 150 valence electrons. The summed E-state index contributed by atoms with van der Waals surface area (Å²) in [6, 6.07) is 6.22. The van der Waals surface area contributed by atoms with Crippen LogP contribution in [-0.4, -0.2) is 50.4 Å². The molecule has 1 aliphatic heterocycles. The van der Waals surface area contributed by atoms with Gasteiger partial charge in [0.1, 0.15) is 16.4 Å². The second kappa shape index (κ2) is 6.66. The van der Waals surface area contributed by atoms with Gasteiger partial charge in [-0.1, -0.05) is 0 Å². The molecule has 1 aliphatic carbocycles. The Kier molecular flexibility index (Phi) is 4.54. The first-order chi connectivity index (χ1) is 13.2. The summed E-state index contributed by atoms with van der Waals surface area (Å²) in [5, 5.41) is 0. The molecule has 1 saturated carbocycles. The Morgan fingerprint density at radius 2 is 2.04 bits per heavy atom. The molecule has 1 saturated heterocycles. The normalized spacial score (nSPS) is 21.5. The molecule has 2 N–H and O–H groups in total. The predicted molar refractivity (Wildman–Crippen MR) is 105 cm³/mol. The zero-order valence-electron chi connectivity index (χ0n) is 15.9. The van der Waals surface area contributed by atoms with E-state index in [0.29, 0.717) is 55.5 Å². The van der Waals surface area contributed by atoms with E-state index >= 15 is 0 Å². The van der Waals surface area contributed by atoms with Crippen molar-refractivity contribution in [2.45, 2.75) is 30.6 Å². The van der Waals surface area contributed by atoms with Crippen LogP contribution in [0.25, 0.3) is 11.4 Å². The molecule has 0 spiro atoms. The summed E-state index contributed by atoms with van der Waals surface area (Å²) >= 11 is 0. The lowest BCUT2D eigenvalue weighted by Gasteiger charge is -2.34. The molecule has 2 aromatic rings. The van der Waals surface area contributed by atoms with Crippen molar-refractivity contribution in [1.29, 1.82) is 0 Å². The highest BCUT2D eigenvalue weighted by atomic mass is 32.2. The van der Waals surface area contributed by atoms with E-state index in [2.05, 4.69) is 14.9 Å². The third kappa shape index (κ3) is 3.22. The number of sulfone groups is 1. The number of aromatic nitrogens is 2. The van der Waals surface area contributed by atoms with E-state index in [-0.39, 0.29) is 11.7 Å². The Balaban J connectivity index is 1.87. The van der Waals surface area contributed by atoms with Gasteiger partial charge in [0.2, 0.25) is 0 Å². The number of morpholine rings is 1. The Morgan fingerprint density at radius 3 is 2.64 bits per heavy atom. The van der Waals surface area contributed by atoms with Crippen LogP contribution in [0.2, 0.25) is 0 Å². The molecular weight excluding hydrogens is 383 g/mol. The van der Waals surface area contributed by atoms with E-state index in [1.165, 1.54) is 18.4 Å². The van der Waals surface area contributed by atoms with Crippen LogP contribution in [0.5, 0.6) is 0 Å². The van der Waals surface area contributed by atoms with Gasteiger partial charge in [0.25, 0.3) is 0 Å². The van der Waals surface area contributed by atoms with Crippen molar-refractivity contribution in [1.82, 2.24) is 9.97 Å². The third-order valence-electron chi connectivity index (χ3n) is 5.51. The minimum Gasteiger partial charge on any atom is -0.396 e. The Hall–Kier alpha value is -2.26. The van der Waals surface area contributed by atoms with Gasteiger partial charge in [-0.15, -0.1) is 0 Å². The molecule has 2 fully saturated rings. The van der Waals surface area contributed by atoms with E-state index in [0.717, 1.165) is 0 Å². The molecule has 1 aromatic carbocycles. The molecule has 2 heterocycles. The van der Waals surface area contributed by atoms with E-state index in [9.17, 15) is 12.8 Å². The number of nitrogens with zero attached hydrogens (tertiary/aromatic N) is 3. The highest BCUT2D eigenvalue weighted by molar-refractivity contribution is 7.91. The fourth-order valence-corrected chi connectivity index (χ4v) is 4.94. The number of halogens is 1. The number of benzene rings is 1. The highest BCUT2D eigenvalue weighted by Crippen LogP contribution is 2.52. The van der Waals surface area contributed by atoms with Crippen LogP contribution in [0, 0.1) is 5.82 Å². The summed E-state index contributed by atoms with van der Waals surface area (Å²) in [7, 11) is -3.35. The first-order valence-corrected chi connectivity index (χ1v) is 11.1. The lowest BCUT2D eigenvalue weighted by molar-refractivity contribution is 0.0985. The largest absolute Gasteiger partial charge is 0.396 e. The molecule has 9 heteroatoms. The Morgan fingerprint density at radius 1 is 1.29 bits per heavy atom. The summed E-state index contributed by atoms with van der Waals surface area (Å²) < 4.78 is 43.4. The van der Waals surface area contributed by atoms with Crippen LogP contribution < -0.4 is 10.6 Å². The van der Waals surface area contributed by atoms with Crippen LogP contribution >= 0.6 is 0 Å². The van der Waals surface area contributed by atoms with Gasteiger partial charge in [0.05, 0.1) is 30.6 Å². The Bertz CT molecular complexity index is 1020. The van der Waals surface area contributed by atoms with E-state index in [1.807, 2.05) is 6.92 Å². The number of hydrogen-bond acceptors (Lipinski definition) is 7. The molecule has 0 radical (unpaired) electrons. The van der Waals surface area contributed by atoms with Crippen LogP contribution in [0.1, 0.15) is 25.5 Å². The SMILES string of the molecule is C[C@H]1COCCN1c1cc(C2(S(C)(=O)=O)CC2)nc(-c2ccc(N)c(F)c2)n1. The molecule has 0 unspecified atom stereocenters. The lowest BCUT2D eigenvalue weighted by atomic mass is 10.1. The van der Waals surface area contributed by atoms with Crippen LogP contribution in [0.3, 0.4) is 0 Å². The minimum absolute atomic E-state index is 0.0386. The van der Waals surface area contributed by atoms with Gasteiger partial charge >= 0.3 is 0 Å².